The molecule has 26 heavy (non-hydrogen) atoms. The average molecular weight is 339 g/mol. The molecule has 4 heteroatoms. The Labute approximate surface area is 151 Å². The quantitative estimate of drug-likeness (QED) is 0.564. The number of aromatic nitrogens is 3. The minimum atomic E-state index is -0.0416. The van der Waals surface area contributed by atoms with E-state index in [9.17, 15) is 4.79 Å². The zero-order valence-corrected chi connectivity index (χ0v) is 14.1. The van der Waals surface area contributed by atoms with E-state index in [0.29, 0.717) is 23.3 Å². The predicted molar refractivity (Wildman–Crippen MR) is 105 cm³/mol. The van der Waals surface area contributed by atoms with Crippen LogP contribution < -0.4 is 5.56 Å². The van der Waals surface area contributed by atoms with E-state index in [-0.39, 0.29) is 5.56 Å². The van der Waals surface area contributed by atoms with Gasteiger partial charge in [-0.3, -0.25) is 14.3 Å². The first-order valence-electron chi connectivity index (χ1n) is 8.44. The standard InChI is InChI=1S/C22H17N3O/c26-22-19-11-4-5-12-20(19)24-21(14-13-18-10-6-7-15-23-18)25(22)16-17-8-2-1-3-9-17/h1-15H,16H2/b14-13+. The van der Waals surface area contributed by atoms with Crippen LogP contribution in [0.15, 0.2) is 83.8 Å². The Morgan fingerprint density at radius 1 is 0.846 bits per heavy atom. The largest absolute Gasteiger partial charge is 0.288 e. The van der Waals surface area contributed by atoms with Crippen LogP contribution in [0.4, 0.5) is 0 Å². The second kappa shape index (κ2) is 7.15. The van der Waals surface area contributed by atoms with E-state index in [0.717, 1.165) is 11.3 Å². The van der Waals surface area contributed by atoms with Gasteiger partial charge in [-0.25, -0.2) is 4.98 Å². The lowest BCUT2D eigenvalue weighted by Gasteiger charge is -2.11. The van der Waals surface area contributed by atoms with Gasteiger partial charge in [0.1, 0.15) is 5.82 Å². The minimum Gasteiger partial charge on any atom is -0.288 e. The maximum Gasteiger partial charge on any atom is 0.261 e. The second-order valence-electron chi connectivity index (χ2n) is 5.95. The van der Waals surface area contributed by atoms with Crippen LogP contribution in [0.25, 0.3) is 23.1 Å². The van der Waals surface area contributed by atoms with Crippen molar-refractivity contribution in [3.63, 3.8) is 0 Å². The molecule has 0 radical (unpaired) electrons. The number of rotatable bonds is 4. The van der Waals surface area contributed by atoms with Gasteiger partial charge in [-0.05, 0) is 42.0 Å². The highest BCUT2D eigenvalue weighted by atomic mass is 16.1. The summed E-state index contributed by atoms with van der Waals surface area (Å²) in [6.07, 6.45) is 5.46. The molecule has 2 aromatic heterocycles. The molecule has 0 spiro atoms. The maximum absolute atomic E-state index is 13.0. The third-order valence-electron chi connectivity index (χ3n) is 4.17. The molecule has 4 aromatic rings. The van der Waals surface area contributed by atoms with Crippen molar-refractivity contribution in [3.05, 3.63) is 106 Å². The van der Waals surface area contributed by atoms with E-state index in [4.69, 9.17) is 4.98 Å². The van der Waals surface area contributed by atoms with Crippen molar-refractivity contribution in [1.82, 2.24) is 14.5 Å². The number of hydrogen-bond acceptors (Lipinski definition) is 3. The summed E-state index contributed by atoms with van der Waals surface area (Å²) in [7, 11) is 0. The molecule has 2 heterocycles. The summed E-state index contributed by atoms with van der Waals surface area (Å²) < 4.78 is 1.71. The zero-order valence-electron chi connectivity index (χ0n) is 14.1. The molecule has 0 aliphatic carbocycles. The molecule has 0 unspecified atom stereocenters. The summed E-state index contributed by atoms with van der Waals surface area (Å²) in [6.45, 7) is 0.472. The minimum absolute atomic E-state index is 0.0416. The van der Waals surface area contributed by atoms with Gasteiger partial charge in [-0.15, -0.1) is 0 Å². The van der Waals surface area contributed by atoms with E-state index in [1.54, 1.807) is 10.8 Å². The van der Waals surface area contributed by atoms with Gasteiger partial charge in [0.25, 0.3) is 5.56 Å². The smallest absolute Gasteiger partial charge is 0.261 e. The van der Waals surface area contributed by atoms with Crippen LogP contribution in [-0.2, 0) is 6.54 Å². The third kappa shape index (κ3) is 3.30. The molecule has 0 amide bonds. The van der Waals surface area contributed by atoms with Gasteiger partial charge >= 0.3 is 0 Å². The Morgan fingerprint density at radius 2 is 1.62 bits per heavy atom. The monoisotopic (exact) mass is 339 g/mol. The summed E-state index contributed by atoms with van der Waals surface area (Å²) in [5.41, 5.74) is 2.53. The molecule has 4 nitrogen and oxygen atoms in total. The molecule has 126 valence electrons. The van der Waals surface area contributed by atoms with Crippen molar-refractivity contribution in [1.29, 1.82) is 0 Å². The maximum atomic E-state index is 13.0. The highest BCUT2D eigenvalue weighted by Gasteiger charge is 2.09. The molecule has 0 N–H and O–H groups in total. The lowest BCUT2D eigenvalue weighted by Crippen LogP contribution is -2.24. The van der Waals surface area contributed by atoms with Crippen molar-refractivity contribution < 1.29 is 0 Å². The molecule has 0 aliphatic rings. The normalized spacial score (nSPS) is 11.2. The Kier molecular flexibility index (Phi) is 4.39. The van der Waals surface area contributed by atoms with Crippen molar-refractivity contribution >= 4 is 23.1 Å². The van der Waals surface area contributed by atoms with Gasteiger partial charge in [-0.1, -0.05) is 48.5 Å². The lowest BCUT2D eigenvalue weighted by molar-refractivity contribution is 0.738. The number of fused-ring (bicyclic) bond motifs is 1. The van der Waals surface area contributed by atoms with Crippen molar-refractivity contribution in [2.75, 3.05) is 0 Å². The zero-order chi connectivity index (χ0) is 17.8. The Balaban J connectivity index is 1.85. The van der Waals surface area contributed by atoms with Gasteiger partial charge in [0.2, 0.25) is 0 Å². The van der Waals surface area contributed by atoms with Crippen molar-refractivity contribution in [2.45, 2.75) is 6.54 Å². The number of para-hydroxylation sites is 1. The number of hydrogen-bond donors (Lipinski definition) is 0. The van der Waals surface area contributed by atoms with Crippen LogP contribution in [0.3, 0.4) is 0 Å². The molecule has 0 aliphatic heterocycles. The van der Waals surface area contributed by atoms with Gasteiger partial charge in [0.15, 0.2) is 0 Å². The van der Waals surface area contributed by atoms with Crippen LogP contribution in [0.1, 0.15) is 17.1 Å². The summed E-state index contributed by atoms with van der Waals surface area (Å²) in [4.78, 5) is 22.0. The summed E-state index contributed by atoms with van der Waals surface area (Å²) in [5, 5.41) is 0.624. The van der Waals surface area contributed by atoms with Crippen molar-refractivity contribution in [3.8, 4) is 0 Å². The number of pyridine rings is 1. The van der Waals surface area contributed by atoms with E-state index in [1.807, 2.05) is 84.9 Å². The van der Waals surface area contributed by atoms with Crippen LogP contribution in [0.5, 0.6) is 0 Å². The fourth-order valence-electron chi connectivity index (χ4n) is 2.87. The fraction of sp³-hybridized carbons (Fsp3) is 0.0455. The summed E-state index contributed by atoms with van der Waals surface area (Å²) in [6, 6.07) is 23.1. The van der Waals surface area contributed by atoms with E-state index in [1.165, 1.54) is 0 Å². The molecule has 2 aromatic carbocycles. The number of nitrogens with zero attached hydrogens (tertiary/aromatic N) is 3. The highest BCUT2D eigenvalue weighted by molar-refractivity contribution is 5.79. The molecule has 0 atom stereocenters. The SMILES string of the molecule is O=c1c2ccccc2nc(/C=C/c2ccccn2)n1Cc1ccccc1. The first-order valence-corrected chi connectivity index (χ1v) is 8.44. The average Bonchev–Trinajstić information content (AvgIpc) is 2.70. The first-order chi connectivity index (χ1) is 12.8. The fourth-order valence-corrected chi connectivity index (χ4v) is 2.87. The van der Waals surface area contributed by atoms with Gasteiger partial charge in [0.05, 0.1) is 23.1 Å². The predicted octanol–water partition coefficient (Wildman–Crippen LogP) is 4.01. The van der Waals surface area contributed by atoms with E-state index in [2.05, 4.69) is 4.98 Å². The van der Waals surface area contributed by atoms with Crippen LogP contribution in [-0.4, -0.2) is 14.5 Å². The highest BCUT2D eigenvalue weighted by Crippen LogP contribution is 2.12. The number of benzene rings is 2. The molecular weight excluding hydrogens is 322 g/mol. The van der Waals surface area contributed by atoms with Gasteiger partial charge in [0, 0.05) is 6.20 Å². The molecule has 4 rings (SSSR count). The van der Waals surface area contributed by atoms with Gasteiger partial charge < -0.3 is 0 Å². The van der Waals surface area contributed by atoms with E-state index >= 15 is 0 Å². The topological polar surface area (TPSA) is 47.8 Å². The van der Waals surface area contributed by atoms with Crippen LogP contribution in [0.2, 0.25) is 0 Å². The molecule has 0 fully saturated rings. The van der Waals surface area contributed by atoms with Crippen LogP contribution in [0, 0.1) is 0 Å². The summed E-state index contributed by atoms with van der Waals surface area (Å²) >= 11 is 0. The van der Waals surface area contributed by atoms with Gasteiger partial charge in [-0.2, -0.15) is 0 Å². The molecule has 0 bridgehead atoms. The Morgan fingerprint density at radius 3 is 2.42 bits per heavy atom. The molecule has 0 saturated heterocycles. The second-order valence-corrected chi connectivity index (χ2v) is 5.95. The van der Waals surface area contributed by atoms with E-state index < -0.39 is 0 Å². The molecule has 0 saturated carbocycles. The lowest BCUT2D eigenvalue weighted by atomic mass is 10.2. The Bertz CT molecular complexity index is 1120. The third-order valence-corrected chi connectivity index (χ3v) is 4.17. The Hall–Kier alpha value is -3.53. The van der Waals surface area contributed by atoms with Crippen molar-refractivity contribution in [2.24, 2.45) is 0 Å². The molecular formula is C22H17N3O. The summed E-state index contributed by atoms with van der Waals surface area (Å²) in [5.74, 6) is 0.614. The van der Waals surface area contributed by atoms with Crippen LogP contribution >= 0.6 is 0 Å². The first kappa shape index (κ1) is 16.0.